The van der Waals surface area contributed by atoms with Crippen molar-refractivity contribution < 1.29 is 5.11 Å². The summed E-state index contributed by atoms with van der Waals surface area (Å²) >= 11 is 0. The Hall–Kier alpha value is -4.20. The van der Waals surface area contributed by atoms with Crippen LogP contribution < -0.4 is 0 Å². The summed E-state index contributed by atoms with van der Waals surface area (Å²) in [6.45, 7) is 41.5. The SMILES string of the molecule is CC(C)=CCC/C(C)=C/CC/C(C)=C/CC/C(C)=C\CC/C(C)=C\CC/C(C)=C\CC/C(C)=C\CC/C(C)=C\CC/C(C)=C\CC/C(C)=C\CC/C(C)=C\CC/C(C)=C\CC/C(C)=C\CC/C(C)=C\CC/C(C)=C\CC/C(C)=C\CC[C@H](C)CCO. The second-order valence-corrected chi connectivity index (χ2v) is 27.3. The summed E-state index contributed by atoms with van der Waals surface area (Å²) in [4.78, 5) is 0. The van der Waals surface area contributed by atoms with Gasteiger partial charge >= 0.3 is 0 Å². The molecule has 0 saturated heterocycles. The fourth-order valence-electron chi connectivity index (χ4n) is 10.7. The highest BCUT2D eigenvalue weighted by atomic mass is 16.3. The van der Waals surface area contributed by atoms with Crippen molar-refractivity contribution in [3.63, 3.8) is 0 Å². The number of aliphatic hydroxyl groups excluding tert-OH is 1. The fourth-order valence-corrected chi connectivity index (χ4v) is 10.7. The van der Waals surface area contributed by atoms with Crippen molar-refractivity contribution in [3.8, 4) is 0 Å². The molecule has 0 aliphatic rings. The monoisotopic (exact) mass is 1180 g/mol. The van der Waals surface area contributed by atoms with Gasteiger partial charge in [0.2, 0.25) is 0 Å². The van der Waals surface area contributed by atoms with Gasteiger partial charge in [0.15, 0.2) is 0 Å². The predicted octanol–water partition coefficient (Wildman–Crippen LogP) is 28.6. The van der Waals surface area contributed by atoms with Gasteiger partial charge in [0, 0.05) is 6.61 Å². The van der Waals surface area contributed by atoms with E-state index in [9.17, 15) is 0 Å². The summed E-state index contributed by atoms with van der Waals surface area (Å²) in [6, 6.07) is 0. The molecule has 0 radical (unpaired) electrons. The zero-order chi connectivity index (χ0) is 64.2. The molecular formula is C85H140O. The third-order valence-electron chi connectivity index (χ3n) is 17.3. The lowest BCUT2D eigenvalue weighted by Gasteiger charge is -2.07. The number of hydrogen-bond donors (Lipinski definition) is 1. The van der Waals surface area contributed by atoms with Crippen LogP contribution in [0.3, 0.4) is 0 Å². The van der Waals surface area contributed by atoms with Crippen LogP contribution in [-0.4, -0.2) is 11.7 Å². The van der Waals surface area contributed by atoms with Gasteiger partial charge in [-0.3, -0.25) is 0 Å². The maximum absolute atomic E-state index is 9.10. The van der Waals surface area contributed by atoms with Gasteiger partial charge in [-0.1, -0.05) is 193 Å². The van der Waals surface area contributed by atoms with Crippen LogP contribution in [0, 0.1) is 5.92 Å². The highest BCUT2D eigenvalue weighted by Gasteiger charge is 2.03. The van der Waals surface area contributed by atoms with Crippen molar-refractivity contribution in [2.24, 2.45) is 5.92 Å². The molecule has 0 bridgehead atoms. The fraction of sp³-hybridized carbons (Fsp3) is 0.624. The molecular weight excluding hydrogens is 1040 g/mol. The Morgan fingerprint density at radius 2 is 0.326 bits per heavy atom. The van der Waals surface area contributed by atoms with E-state index in [-0.39, 0.29) is 0 Å². The lowest BCUT2D eigenvalue weighted by molar-refractivity contribution is 0.259. The molecule has 0 aromatic carbocycles. The second-order valence-electron chi connectivity index (χ2n) is 27.3. The van der Waals surface area contributed by atoms with Crippen molar-refractivity contribution >= 4 is 0 Å². The Kier molecular flexibility index (Phi) is 52.2. The first-order valence-electron chi connectivity index (χ1n) is 35.2. The molecule has 0 heterocycles. The van der Waals surface area contributed by atoms with E-state index in [4.69, 9.17) is 5.11 Å². The molecule has 0 unspecified atom stereocenters. The van der Waals surface area contributed by atoms with E-state index in [1.807, 2.05) is 0 Å². The molecule has 86 heavy (non-hydrogen) atoms. The Bertz CT molecular complexity index is 2340. The molecule has 0 aromatic heterocycles. The maximum Gasteiger partial charge on any atom is 0.0433 e. The molecule has 1 nitrogen and oxygen atoms in total. The summed E-state index contributed by atoms with van der Waals surface area (Å²) in [5.41, 5.74) is 24.3. The standard InChI is InChI=1S/C85H140O/c1-69(2)35-19-36-70(3)37-20-38-71(4)39-21-40-72(5)41-22-42-73(6)43-23-44-74(7)45-24-46-75(8)47-25-48-76(9)49-26-50-77(10)51-27-52-78(11)53-28-54-79(12)55-29-56-80(13)57-30-58-81(14)59-31-60-82(15)61-32-62-83(16)63-33-64-84(17)65-34-66-85(18)67-68-86/h35,37,39,41,43,45,47,49,51,53,55,57,59,61,63,65,85-86H,19-34,36,38,40,42,44,46,48,50,52,54,56,58,60,62,64,66-68H2,1-18H3/b70-37+,71-39+,72-41-,73-43-,74-45-,75-47-,76-49-,77-51-,78-53-,79-55-,80-57-,81-59-,82-61-,83-63-,84-65-/t85-/m0/s1. The molecule has 0 aromatic rings. The number of rotatable bonds is 50. The molecule has 0 aliphatic carbocycles. The normalized spacial score (nSPS) is 15.4. The third kappa shape index (κ3) is 55.1. The van der Waals surface area contributed by atoms with Gasteiger partial charge in [-0.05, 0) is 336 Å². The molecule has 0 saturated carbocycles. The van der Waals surface area contributed by atoms with E-state index in [1.54, 1.807) is 0 Å². The van der Waals surface area contributed by atoms with Crippen LogP contribution in [0.5, 0.6) is 0 Å². The first-order valence-corrected chi connectivity index (χ1v) is 35.2. The summed E-state index contributed by atoms with van der Waals surface area (Å²) in [5, 5.41) is 9.10. The quantitative estimate of drug-likeness (QED) is 0.0602. The third-order valence-corrected chi connectivity index (χ3v) is 17.3. The first-order chi connectivity index (χ1) is 41.1. The van der Waals surface area contributed by atoms with Crippen LogP contribution in [0.25, 0.3) is 0 Å². The van der Waals surface area contributed by atoms with Crippen LogP contribution in [0.2, 0.25) is 0 Å². The van der Waals surface area contributed by atoms with Gasteiger partial charge in [0.05, 0.1) is 0 Å². The molecule has 1 heteroatoms. The molecule has 1 atom stereocenters. The van der Waals surface area contributed by atoms with Gasteiger partial charge in [-0.25, -0.2) is 0 Å². The van der Waals surface area contributed by atoms with E-state index >= 15 is 0 Å². The Morgan fingerprint density at radius 1 is 0.198 bits per heavy atom. The van der Waals surface area contributed by atoms with Crippen molar-refractivity contribution in [2.45, 2.75) is 337 Å². The number of hydrogen-bond acceptors (Lipinski definition) is 1. The lowest BCUT2D eigenvalue weighted by Crippen LogP contribution is -1.97. The molecule has 0 rings (SSSR count). The Labute approximate surface area is 537 Å². The zero-order valence-electron chi connectivity index (χ0n) is 60.3. The average molecular weight is 1180 g/mol. The van der Waals surface area contributed by atoms with Crippen LogP contribution >= 0.6 is 0 Å². The minimum absolute atomic E-state index is 0.309. The van der Waals surface area contributed by atoms with Crippen LogP contribution in [0.1, 0.15) is 337 Å². The zero-order valence-corrected chi connectivity index (χ0v) is 60.3. The Balaban J connectivity index is 4.33. The molecule has 0 aliphatic heterocycles. The van der Waals surface area contributed by atoms with Gasteiger partial charge in [-0.2, -0.15) is 0 Å². The summed E-state index contributed by atoms with van der Waals surface area (Å²) in [7, 11) is 0. The first kappa shape index (κ1) is 81.8. The Morgan fingerprint density at radius 3 is 0.453 bits per heavy atom. The molecule has 1 N–H and O–H groups in total. The van der Waals surface area contributed by atoms with E-state index in [2.05, 4.69) is 222 Å². The van der Waals surface area contributed by atoms with E-state index < -0.39 is 0 Å². The summed E-state index contributed by atoms with van der Waals surface area (Å²) in [5.74, 6) is 0.612. The van der Waals surface area contributed by atoms with Crippen molar-refractivity contribution in [2.75, 3.05) is 6.61 Å². The average Bonchev–Trinajstić information content (AvgIpc) is 3.43. The maximum atomic E-state index is 9.10. The number of allylic oxidation sites excluding steroid dienone is 32. The van der Waals surface area contributed by atoms with Gasteiger partial charge in [0.1, 0.15) is 0 Å². The van der Waals surface area contributed by atoms with Crippen molar-refractivity contribution in [3.05, 3.63) is 186 Å². The van der Waals surface area contributed by atoms with Gasteiger partial charge in [0.25, 0.3) is 0 Å². The molecule has 0 spiro atoms. The van der Waals surface area contributed by atoms with Crippen LogP contribution in [0.4, 0.5) is 0 Å². The predicted molar refractivity (Wildman–Crippen MR) is 394 cm³/mol. The highest BCUT2D eigenvalue weighted by Crippen LogP contribution is 2.22. The minimum atomic E-state index is 0.309. The number of aliphatic hydroxyl groups is 1. The van der Waals surface area contributed by atoms with E-state index in [0.717, 1.165) is 109 Å². The lowest BCUT2D eigenvalue weighted by atomic mass is 10.0. The second kappa shape index (κ2) is 54.9. The topological polar surface area (TPSA) is 20.2 Å². The summed E-state index contributed by atoms with van der Waals surface area (Å²) in [6.07, 6.45) is 77.4. The highest BCUT2D eigenvalue weighted by molar-refractivity contribution is 5.14. The van der Waals surface area contributed by atoms with Gasteiger partial charge < -0.3 is 5.11 Å². The largest absolute Gasteiger partial charge is 0.396 e. The molecule has 0 amide bonds. The van der Waals surface area contributed by atoms with Crippen molar-refractivity contribution in [1.29, 1.82) is 0 Å². The van der Waals surface area contributed by atoms with Crippen LogP contribution in [0.15, 0.2) is 186 Å². The minimum Gasteiger partial charge on any atom is -0.396 e. The van der Waals surface area contributed by atoms with Crippen molar-refractivity contribution in [1.82, 2.24) is 0 Å². The molecule has 486 valence electrons. The van der Waals surface area contributed by atoms with Crippen LogP contribution in [-0.2, 0) is 0 Å². The van der Waals surface area contributed by atoms with Gasteiger partial charge in [-0.15, -0.1) is 0 Å². The summed E-state index contributed by atoms with van der Waals surface area (Å²) < 4.78 is 0. The van der Waals surface area contributed by atoms with E-state index in [1.165, 1.54) is 192 Å². The molecule has 0 fully saturated rings. The van der Waals surface area contributed by atoms with E-state index in [0.29, 0.717) is 12.5 Å². The smallest absolute Gasteiger partial charge is 0.0433 e.